The third-order valence-corrected chi connectivity index (χ3v) is 4.87. The van der Waals surface area contributed by atoms with Crippen LogP contribution >= 0.6 is 0 Å². The van der Waals surface area contributed by atoms with E-state index in [1.165, 1.54) is 0 Å². The number of rotatable bonds is 6. The van der Waals surface area contributed by atoms with Crippen LogP contribution < -0.4 is 16.0 Å². The number of hydrogen-bond donors (Lipinski definition) is 3. The van der Waals surface area contributed by atoms with Gasteiger partial charge in [0.2, 0.25) is 5.95 Å². The van der Waals surface area contributed by atoms with Gasteiger partial charge in [-0.1, -0.05) is 18.8 Å². The molecule has 0 aliphatic heterocycles. The Labute approximate surface area is 195 Å². The predicted molar refractivity (Wildman–Crippen MR) is 128 cm³/mol. The highest BCUT2D eigenvalue weighted by Crippen LogP contribution is 2.27. The second-order valence-electron chi connectivity index (χ2n) is 8.98. The quantitative estimate of drug-likeness (QED) is 0.557. The lowest BCUT2D eigenvalue weighted by Crippen LogP contribution is -2.45. The molecule has 1 aromatic heterocycles. The lowest BCUT2D eigenvalue weighted by molar-refractivity contribution is 0.0467. The number of nitrogens with one attached hydrogen (secondary N) is 3. The standard InChI is InChI=1S/C25H30N6O2/c1-5-12-27-22-19(9-6-18-13-21(14-18)30-24(32)33-25(2,3)4)16-28-23(31-22)29-20-10-7-17(15-26)8-11-20/h7-8,10-11,16,18,21H,5,12-14H2,1-4H3,(H,30,32)(H2,27,28,29,31). The number of nitrogens with zero attached hydrogens (tertiary/aromatic N) is 3. The summed E-state index contributed by atoms with van der Waals surface area (Å²) < 4.78 is 5.30. The van der Waals surface area contributed by atoms with Crippen molar-refractivity contribution in [3.05, 3.63) is 41.6 Å². The fraction of sp³-hybridized carbons (Fsp3) is 0.440. The zero-order valence-electron chi connectivity index (χ0n) is 19.5. The summed E-state index contributed by atoms with van der Waals surface area (Å²) >= 11 is 0. The number of ether oxygens (including phenoxy) is 1. The van der Waals surface area contributed by atoms with Gasteiger partial charge in [-0.15, -0.1) is 0 Å². The Kier molecular flexibility index (Phi) is 7.74. The molecular weight excluding hydrogens is 416 g/mol. The molecule has 172 valence electrons. The number of hydrogen-bond acceptors (Lipinski definition) is 7. The lowest BCUT2D eigenvalue weighted by atomic mass is 9.81. The monoisotopic (exact) mass is 446 g/mol. The molecule has 0 radical (unpaired) electrons. The fourth-order valence-corrected chi connectivity index (χ4v) is 3.18. The highest BCUT2D eigenvalue weighted by Gasteiger charge is 2.30. The second-order valence-corrected chi connectivity index (χ2v) is 8.98. The number of aromatic nitrogens is 2. The first kappa shape index (κ1) is 23.9. The van der Waals surface area contributed by atoms with Crippen molar-refractivity contribution in [1.29, 1.82) is 5.26 Å². The Morgan fingerprint density at radius 2 is 1.97 bits per heavy atom. The minimum absolute atomic E-state index is 0.0899. The summed E-state index contributed by atoms with van der Waals surface area (Å²) in [6.45, 7) is 8.39. The molecule has 33 heavy (non-hydrogen) atoms. The minimum Gasteiger partial charge on any atom is -0.444 e. The number of amides is 1. The summed E-state index contributed by atoms with van der Waals surface area (Å²) in [5, 5.41) is 18.3. The van der Waals surface area contributed by atoms with E-state index in [-0.39, 0.29) is 18.1 Å². The SMILES string of the molecule is CCCNc1nc(Nc2ccc(C#N)cc2)ncc1C#CC1CC(NC(=O)OC(C)(C)C)C1. The lowest BCUT2D eigenvalue weighted by Gasteiger charge is -2.33. The third kappa shape index (κ3) is 7.40. The van der Waals surface area contributed by atoms with E-state index in [1.54, 1.807) is 18.3 Å². The molecule has 1 aromatic carbocycles. The van der Waals surface area contributed by atoms with Gasteiger partial charge < -0.3 is 20.7 Å². The summed E-state index contributed by atoms with van der Waals surface area (Å²) in [7, 11) is 0. The Hall–Kier alpha value is -3.78. The Bertz CT molecular complexity index is 1070. The van der Waals surface area contributed by atoms with Crippen LogP contribution in [0.25, 0.3) is 0 Å². The van der Waals surface area contributed by atoms with Crippen LogP contribution in [0.1, 0.15) is 58.1 Å². The van der Waals surface area contributed by atoms with E-state index in [2.05, 4.69) is 50.8 Å². The summed E-state index contributed by atoms with van der Waals surface area (Å²) in [5.41, 5.74) is 1.62. The Morgan fingerprint density at radius 3 is 2.61 bits per heavy atom. The molecule has 1 fully saturated rings. The van der Waals surface area contributed by atoms with Crippen LogP contribution in [0.2, 0.25) is 0 Å². The summed E-state index contributed by atoms with van der Waals surface area (Å²) in [5.74, 6) is 7.81. The van der Waals surface area contributed by atoms with Gasteiger partial charge in [-0.3, -0.25) is 0 Å². The molecule has 1 amide bonds. The molecule has 2 aromatic rings. The van der Waals surface area contributed by atoms with Crippen LogP contribution in [-0.4, -0.2) is 34.2 Å². The number of nitriles is 1. The van der Waals surface area contributed by atoms with Crippen molar-refractivity contribution in [2.24, 2.45) is 5.92 Å². The third-order valence-electron chi connectivity index (χ3n) is 4.87. The van der Waals surface area contributed by atoms with Crippen molar-refractivity contribution in [2.45, 2.75) is 58.6 Å². The zero-order chi connectivity index (χ0) is 23.8. The van der Waals surface area contributed by atoms with Gasteiger partial charge in [0.25, 0.3) is 0 Å². The van der Waals surface area contributed by atoms with Crippen molar-refractivity contribution in [1.82, 2.24) is 15.3 Å². The molecule has 8 heteroatoms. The first-order chi connectivity index (χ1) is 15.8. The van der Waals surface area contributed by atoms with Crippen LogP contribution in [0.15, 0.2) is 30.5 Å². The maximum Gasteiger partial charge on any atom is 0.407 e. The van der Waals surface area contributed by atoms with Crippen LogP contribution in [-0.2, 0) is 4.74 Å². The zero-order valence-corrected chi connectivity index (χ0v) is 19.5. The molecule has 3 rings (SSSR count). The smallest absolute Gasteiger partial charge is 0.407 e. The second kappa shape index (κ2) is 10.7. The number of anilines is 3. The molecule has 3 N–H and O–H groups in total. The maximum atomic E-state index is 11.9. The Morgan fingerprint density at radius 1 is 1.24 bits per heavy atom. The molecule has 8 nitrogen and oxygen atoms in total. The van der Waals surface area contributed by atoms with E-state index in [1.807, 2.05) is 32.9 Å². The van der Waals surface area contributed by atoms with E-state index >= 15 is 0 Å². The molecule has 0 unspecified atom stereocenters. The average Bonchev–Trinajstić information content (AvgIpc) is 2.74. The first-order valence-electron chi connectivity index (χ1n) is 11.1. The summed E-state index contributed by atoms with van der Waals surface area (Å²) in [4.78, 5) is 20.8. The van der Waals surface area contributed by atoms with E-state index in [4.69, 9.17) is 10.00 Å². The highest BCUT2D eigenvalue weighted by molar-refractivity contribution is 5.68. The molecule has 1 aliphatic rings. The van der Waals surface area contributed by atoms with Crippen molar-refractivity contribution >= 4 is 23.5 Å². The number of alkyl carbamates (subject to hydrolysis) is 1. The van der Waals surface area contributed by atoms with Crippen LogP contribution in [0.4, 0.5) is 22.2 Å². The number of carbonyl (C=O) groups excluding carboxylic acids is 1. The van der Waals surface area contributed by atoms with Crippen LogP contribution in [0.5, 0.6) is 0 Å². The average molecular weight is 447 g/mol. The van der Waals surface area contributed by atoms with Crippen molar-refractivity contribution in [3.8, 4) is 17.9 Å². The molecule has 1 heterocycles. The van der Waals surface area contributed by atoms with E-state index in [9.17, 15) is 4.79 Å². The van der Waals surface area contributed by atoms with E-state index in [0.717, 1.165) is 37.1 Å². The van der Waals surface area contributed by atoms with Crippen LogP contribution in [0.3, 0.4) is 0 Å². The maximum absolute atomic E-state index is 11.9. The van der Waals surface area contributed by atoms with Crippen molar-refractivity contribution in [2.75, 3.05) is 17.2 Å². The van der Waals surface area contributed by atoms with Gasteiger partial charge in [0, 0.05) is 24.2 Å². The molecule has 1 saturated carbocycles. The van der Waals surface area contributed by atoms with Gasteiger partial charge in [-0.05, 0) is 64.3 Å². The highest BCUT2D eigenvalue weighted by atomic mass is 16.6. The Balaban J connectivity index is 1.62. The first-order valence-corrected chi connectivity index (χ1v) is 11.1. The normalized spacial score (nSPS) is 16.9. The summed E-state index contributed by atoms with van der Waals surface area (Å²) in [6, 6.07) is 9.29. The minimum atomic E-state index is -0.504. The van der Waals surface area contributed by atoms with Gasteiger partial charge in [0.15, 0.2) is 0 Å². The molecule has 0 spiro atoms. The van der Waals surface area contributed by atoms with Crippen molar-refractivity contribution < 1.29 is 9.53 Å². The molecule has 0 saturated heterocycles. The van der Waals surface area contributed by atoms with Gasteiger partial charge in [-0.25, -0.2) is 9.78 Å². The molecular formula is C25H30N6O2. The largest absolute Gasteiger partial charge is 0.444 e. The van der Waals surface area contributed by atoms with E-state index < -0.39 is 5.60 Å². The molecule has 0 atom stereocenters. The topological polar surface area (TPSA) is 112 Å². The number of carbonyl (C=O) groups is 1. The molecule has 0 bridgehead atoms. The van der Waals surface area contributed by atoms with Crippen molar-refractivity contribution in [3.63, 3.8) is 0 Å². The van der Waals surface area contributed by atoms with Gasteiger partial charge in [0.05, 0.1) is 23.4 Å². The van der Waals surface area contributed by atoms with Crippen LogP contribution in [0, 0.1) is 29.1 Å². The predicted octanol–water partition coefficient (Wildman–Crippen LogP) is 4.57. The van der Waals surface area contributed by atoms with E-state index in [0.29, 0.717) is 17.3 Å². The van der Waals surface area contributed by atoms with Gasteiger partial charge in [-0.2, -0.15) is 10.2 Å². The summed E-state index contributed by atoms with van der Waals surface area (Å²) in [6.07, 6.45) is 3.87. The number of benzene rings is 1. The molecule has 1 aliphatic carbocycles. The van der Waals surface area contributed by atoms with Gasteiger partial charge >= 0.3 is 6.09 Å². The fourth-order valence-electron chi connectivity index (χ4n) is 3.18. The van der Waals surface area contributed by atoms with Gasteiger partial charge in [0.1, 0.15) is 11.4 Å².